The number of fused-ring (bicyclic) bond motifs is 2. The second-order valence-corrected chi connectivity index (χ2v) is 10.4. The quantitative estimate of drug-likeness (QED) is 0.523. The first-order valence-electron chi connectivity index (χ1n) is 10.9. The van der Waals surface area contributed by atoms with Gasteiger partial charge in [-0.1, -0.05) is 16.8 Å². The summed E-state index contributed by atoms with van der Waals surface area (Å²) in [7, 11) is 0. The van der Waals surface area contributed by atoms with E-state index in [0.29, 0.717) is 35.2 Å². The number of piperidine rings is 1. The number of hydrogen-bond acceptors (Lipinski definition) is 6. The van der Waals surface area contributed by atoms with Crippen molar-refractivity contribution in [3.8, 4) is 11.3 Å². The minimum absolute atomic E-state index is 0.136. The maximum atomic E-state index is 15.2. The van der Waals surface area contributed by atoms with Crippen LogP contribution in [0.1, 0.15) is 51.3 Å². The highest BCUT2D eigenvalue weighted by Gasteiger charge is 2.59. The SMILES string of the molecule is CC(C)(C)OC(=O)N1CC2C(C1)C2c1nn(C2CC2)c2c(F)c(Cl)nc(-c3cnoc3)c12. The molecule has 4 heterocycles. The third-order valence-electron chi connectivity index (χ3n) is 6.53. The highest BCUT2D eigenvalue weighted by Crippen LogP contribution is 2.60. The van der Waals surface area contributed by atoms with E-state index in [1.807, 2.05) is 20.8 Å². The molecular weight excluding hydrogens is 437 g/mol. The fourth-order valence-electron chi connectivity index (χ4n) is 4.95. The summed E-state index contributed by atoms with van der Waals surface area (Å²) in [5, 5.41) is 9.16. The zero-order valence-electron chi connectivity index (χ0n) is 18.0. The van der Waals surface area contributed by atoms with Gasteiger partial charge in [-0.05, 0) is 45.4 Å². The summed E-state index contributed by atoms with van der Waals surface area (Å²) >= 11 is 6.18. The summed E-state index contributed by atoms with van der Waals surface area (Å²) in [5.41, 5.74) is 1.86. The second kappa shape index (κ2) is 6.66. The largest absolute Gasteiger partial charge is 0.444 e. The maximum absolute atomic E-state index is 15.2. The van der Waals surface area contributed by atoms with E-state index in [9.17, 15) is 4.79 Å². The molecule has 0 bridgehead atoms. The molecule has 3 aliphatic rings. The third kappa shape index (κ3) is 3.09. The molecule has 1 amide bonds. The maximum Gasteiger partial charge on any atom is 0.410 e. The summed E-state index contributed by atoms with van der Waals surface area (Å²) in [5.74, 6) is 0.121. The Bertz CT molecular complexity index is 1220. The van der Waals surface area contributed by atoms with Gasteiger partial charge in [-0.25, -0.2) is 14.2 Å². The minimum Gasteiger partial charge on any atom is -0.444 e. The molecule has 168 valence electrons. The lowest BCUT2D eigenvalue weighted by molar-refractivity contribution is 0.0271. The number of aromatic nitrogens is 4. The first kappa shape index (κ1) is 20.0. The average Bonchev–Trinajstić information content (AvgIpc) is 3.46. The summed E-state index contributed by atoms with van der Waals surface area (Å²) < 4.78 is 27.5. The van der Waals surface area contributed by atoms with Gasteiger partial charge >= 0.3 is 6.09 Å². The molecule has 32 heavy (non-hydrogen) atoms. The van der Waals surface area contributed by atoms with Crippen LogP contribution in [0, 0.1) is 17.7 Å². The third-order valence-corrected chi connectivity index (χ3v) is 6.78. The fourth-order valence-corrected chi connectivity index (χ4v) is 5.13. The normalized spacial score (nSPS) is 24.8. The molecule has 3 aromatic rings. The van der Waals surface area contributed by atoms with Crippen LogP contribution in [0.25, 0.3) is 22.2 Å². The van der Waals surface area contributed by atoms with Crippen LogP contribution >= 0.6 is 11.6 Å². The topological polar surface area (TPSA) is 86.3 Å². The Morgan fingerprint density at radius 2 is 2.00 bits per heavy atom. The van der Waals surface area contributed by atoms with Gasteiger partial charge in [0.15, 0.2) is 11.0 Å². The van der Waals surface area contributed by atoms with Crippen LogP contribution in [-0.2, 0) is 4.74 Å². The number of ether oxygens (including phenoxy) is 1. The van der Waals surface area contributed by atoms with Crippen molar-refractivity contribution in [1.82, 2.24) is 24.8 Å². The summed E-state index contributed by atoms with van der Waals surface area (Å²) in [6.45, 7) is 6.79. The van der Waals surface area contributed by atoms with Crippen molar-refractivity contribution < 1.29 is 18.4 Å². The Balaban J connectivity index is 1.39. The van der Waals surface area contributed by atoms with Gasteiger partial charge in [0.05, 0.1) is 34.6 Å². The van der Waals surface area contributed by atoms with E-state index in [4.69, 9.17) is 26.0 Å². The van der Waals surface area contributed by atoms with E-state index in [0.717, 1.165) is 18.5 Å². The predicted molar refractivity (Wildman–Crippen MR) is 114 cm³/mol. The molecule has 2 unspecified atom stereocenters. The first-order chi connectivity index (χ1) is 15.2. The van der Waals surface area contributed by atoms with Crippen molar-refractivity contribution in [2.45, 2.75) is 51.2 Å². The van der Waals surface area contributed by atoms with Crippen molar-refractivity contribution in [3.05, 3.63) is 29.1 Å². The van der Waals surface area contributed by atoms with Crippen LogP contribution in [0.4, 0.5) is 9.18 Å². The first-order valence-corrected chi connectivity index (χ1v) is 11.3. The molecule has 0 aromatic carbocycles. The van der Waals surface area contributed by atoms with Gasteiger partial charge in [-0.15, -0.1) is 0 Å². The molecule has 1 saturated heterocycles. The number of nitrogens with zero attached hydrogens (tertiary/aromatic N) is 5. The zero-order chi connectivity index (χ0) is 22.4. The molecular formula is C22H23ClFN5O3. The molecule has 8 nitrogen and oxygen atoms in total. The van der Waals surface area contributed by atoms with Gasteiger partial charge in [-0.2, -0.15) is 5.10 Å². The van der Waals surface area contributed by atoms with Gasteiger partial charge in [0.25, 0.3) is 0 Å². The van der Waals surface area contributed by atoms with Crippen LogP contribution < -0.4 is 0 Å². The zero-order valence-corrected chi connectivity index (χ0v) is 18.8. The molecule has 0 N–H and O–H groups in total. The molecule has 1 aliphatic heterocycles. The van der Waals surface area contributed by atoms with E-state index in [-0.39, 0.29) is 35.0 Å². The van der Waals surface area contributed by atoms with E-state index in [1.54, 1.807) is 15.8 Å². The molecule has 0 radical (unpaired) electrons. The van der Waals surface area contributed by atoms with Crippen molar-refractivity contribution in [3.63, 3.8) is 0 Å². The summed E-state index contributed by atoms with van der Waals surface area (Å²) in [6.07, 6.45) is 4.66. The number of rotatable bonds is 3. The van der Waals surface area contributed by atoms with Gasteiger partial charge in [0.1, 0.15) is 17.4 Å². The lowest BCUT2D eigenvalue weighted by Gasteiger charge is -2.25. The van der Waals surface area contributed by atoms with Gasteiger partial charge < -0.3 is 14.2 Å². The Morgan fingerprint density at radius 1 is 1.28 bits per heavy atom. The monoisotopic (exact) mass is 459 g/mol. The number of pyridine rings is 1. The standard InChI is InChI=1S/C22H23ClFN5O3/c1-22(2,3)32-21(30)28-7-12-13(8-28)14(12)18-15-17(10-6-25-31-9-10)26-20(23)16(24)19(15)29(27-18)11-4-5-11/h6,9,11-14H,4-5,7-8H2,1-3H3. The molecule has 6 rings (SSSR count). The number of amides is 1. The highest BCUT2D eigenvalue weighted by molar-refractivity contribution is 6.30. The predicted octanol–water partition coefficient (Wildman–Crippen LogP) is 4.79. The van der Waals surface area contributed by atoms with Crippen molar-refractivity contribution in [2.24, 2.45) is 11.8 Å². The van der Waals surface area contributed by atoms with Gasteiger partial charge in [0.2, 0.25) is 0 Å². The number of carbonyl (C=O) groups is 1. The van der Waals surface area contributed by atoms with Crippen molar-refractivity contribution in [1.29, 1.82) is 0 Å². The Morgan fingerprint density at radius 3 is 2.59 bits per heavy atom. The molecule has 0 spiro atoms. The van der Waals surface area contributed by atoms with Crippen LogP contribution in [0.3, 0.4) is 0 Å². The molecule has 2 aliphatic carbocycles. The van der Waals surface area contributed by atoms with E-state index in [1.165, 1.54) is 6.26 Å². The Hall–Kier alpha value is -2.68. The Labute approximate surface area is 188 Å². The summed E-state index contributed by atoms with van der Waals surface area (Å²) in [6, 6.07) is 0.173. The number of likely N-dealkylation sites (tertiary alicyclic amines) is 1. The van der Waals surface area contributed by atoms with E-state index < -0.39 is 11.4 Å². The van der Waals surface area contributed by atoms with Crippen LogP contribution in [0.15, 0.2) is 17.0 Å². The number of halogens is 2. The van der Waals surface area contributed by atoms with Crippen LogP contribution in [0.2, 0.25) is 5.15 Å². The van der Waals surface area contributed by atoms with E-state index in [2.05, 4.69) is 10.1 Å². The van der Waals surface area contributed by atoms with E-state index >= 15 is 4.39 Å². The lowest BCUT2D eigenvalue weighted by atomic mass is 10.0. The van der Waals surface area contributed by atoms with Crippen LogP contribution in [0.5, 0.6) is 0 Å². The smallest absolute Gasteiger partial charge is 0.410 e. The number of carbonyl (C=O) groups excluding carboxylic acids is 1. The molecule has 2 saturated carbocycles. The van der Waals surface area contributed by atoms with Gasteiger partial charge in [-0.3, -0.25) is 4.68 Å². The summed E-state index contributed by atoms with van der Waals surface area (Å²) in [4.78, 5) is 18.6. The molecule has 10 heteroatoms. The fraction of sp³-hybridized carbons (Fsp3) is 0.545. The molecule has 2 atom stereocenters. The minimum atomic E-state index is -0.547. The van der Waals surface area contributed by atoms with Crippen LogP contribution in [-0.4, -0.2) is 49.6 Å². The average molecular weight is 460 g/mol. The van der Waals surface area contributed by atoms with Crippen molar-refractivity contribution >= 4 is 28.6 Å². The second-order valence-electron chi connectivity index (χ2n) is 10.0. The van der Waals surface area contributed by atoms with Crippen molar-refractivity contribution in [2.75, 3.05) is 13.1 Å². The van der Waals surface area contributed by atoms with Gasteiger partial charge in [0, 0.05) is 19.0 Å². The molecule has 3 aromatic heterocycles. The number of hydrogen-bond donors (Lipinski definition) is 0. The Kier molecular flexibility index (Phi) is 4.16. The molecule has 3 fully saturated rings. The highest BCUT2D eigenvalue weighted by atomic mass is 35.5. The lowest BCUT2D eigenvalue weighted by Crippen LogP contribution is -2.36.